The molecule has 0 aliphatic carbocycles. The molecule has 0 aromatic carbocycles. The fourth-order valence-corrected chi connectivity index (χ4v) is 1.52. The lowest BCUT2D eigenvalue weighted by atomic mass is 10.2. The van der Waals surface area contributed by atoms with Crippen molar-refractivity contribution >= 4 is 13.9 Å². The molecule has 0 unspecified atom stereocenters. The highest BCUT2D eigenvalue weighted by Gasteiger charge is 2.45. The summed E-state index contributed by atoms with van der Waals surface area (Å²) >= 11 is 0. The van der Waals surface area contributed by atoms with E-state index in [4.69, 9.17) is 9.79 Å². The summed E-state index contributed by atoms with van der Waals surface area (Å²) in [5, 5.41) is 0. The quantitative estimate of drug-likeness (QED) is 0.455. The minimum Gasteiger partial charge on any atom is -0.538 e. The minimum atomic E-state index is -4.51. The van der Waals surface area contributed by atoms with Gasteiger partial charge >= 0.3 is 6.47 Å². The van der Waals surface area contributed by atoms with Crippen LogP contribution in [0, 0.1) is 0 Å². The first kappa shape index (κ1) is 11.1. The molecule has 11 heavy (non-hydrogen) atoms. The van der Waals surface area contributed by atoms with Crippen LogP contribution in [0.3, 0.4) is 0 Å². The molecule has 0 spiro atoms. The molecule has 0 aromatic heterocycles. The summed E-state index contributed by atoms with van der Waals surface area (Å²) in [6.45, 7) is -2.94. The van der Waals surface area contributed by atoms with Gasteiger partial charge in [-0.15, -0.1) is 0 Å². The standard InChI is InChI=1S/C3H11BO6P/c1-8-4(9-2,10-3)11(5,6)7/h1-3H3,(H2,5,6,7)/q-1. The van der Waals surface area contributed by atoms with Gasteiger partial charge in [-0.25, -0.2) is 0 Å². The molecular formula is C3H11BO6P-. The van der Waals surface area contributed by atoms with Gasteiger partial charge in [-0.3, -0.25) is 4.57 Å². The van der Waals surface area contributed by atoms with E-state index in [2.05, 4.69) is 14.0 Å². The zero-order valence-corrected chi connectivity index (χ0v) is 7.45. The fourth-order valence-electron chi connectivity index (χ4n) is 0.701. The zero-order chi connectivity index (χ0) is 9.12. The predicted octanol–water partition coefficient (Wildman–Crippen LogP) is -0.461. The molecule has 0 aliphatic rings. The molecule has 0 aromatic rings. The molecule has 0 fully saturated rings. The monoisotopic (exact) mass is 185 g/mol. The largest absolute Gasteiger partial charge is 0.538 e. The summed E-state index contributed by atoms with van der Waals surface area (Å²) in [7, 11) is -1.20. The van der Waals surface area contributed by atoms with Crippen LogP contribution in [0.1, 0.15) is 0 Å². The van der Waals surface area contributed by atoms with Crippen molar-refractivity contribution in [2.24, 2.45) is 0 Å². The van der Waals surface area contributed by atoms with Crippen LogP contribution < -0.4 is 0 Å². The average Bonchev–Trinajstić information content (AvgIpc) is 1.90. The van der Waals surface area contributed by atoms with Gasteiger partial charge in [-0.05, 0) is 21.3 Å². The Balaban J connectivity index is 4.70. The second-order valence-electron chi connectivity index (χ2n) is 1.90. The fraction of sp³-hybridized carbons (Fsp3) is 1.00. The van der Waals surface area contributed by atoms with E-state index in [0.29, 0.717) is 0 Å². The molecule has 8 heteroatoms. The Labute approximate surface area is 64.6 Å². The summed E-state index contributed by atoms with van der Waals surface area (Å²) in [4.78, 5) is 17.4. The molecule has 0 radical (unpaired) electrons. The van der Waals surface area contributed by atoms with Crippen molar-refractivity contribution in [3.8, 4) is 0 Å². The third-order valence-electron chi connectivity index (χ3n) is 1.31. The Bertz CT molecular complexity index is 153. The number of rotatable bonds is 4. The molecule has 0 atom stereocenters. The molecule has 0 heterocycles. The van der Waals surface area contributed by atoms with Crippen LogP contribution in [0.15, 0.2) is 0 Å². The van der Waals surface area contributed by atoms with E-state index in [1.165, 1.54) is 0 Å². The van der Waals surface area contributed by atoms with Gasteiger partial charge in [0.2, 0.25) is 0 Å². The molecule has 0 saturated heterocycles. The SMILES string of the molecule is CO[B-](OC)(OC)P(=O)(O)O. The van der Waals surface area contributed by atoms with Crippen molar-refractivity contribution in [1.29, 1.82) is 0 Å². The van der Waals surface area contributed by atoms with E-state index in [-0.39, 0.29) is 0 Å². The van der Waals surface area contributed by atoms with Gasteiger partial charge in [-0.1, -0.05) is 0 Å². The Morgan fingerprint density at radius 1 is 1.09 bits per heavy atom. The lowest BCUT2D eigenvalue weighted by molar-refractivity contribution is 0.136. The second-order valence-corrected chi connectivity index (χ2v) is 3.71. The van der Waals surface area contributed by atoms with Gasteiger partial charge in [0.05, 0.1) is 0 Å². The highest BCUT2D eigenvalue weighted by atomic mass is 31.2. The van der Waals surface area contributed by atoms with Crippen LogP contribution in [0.5, 0.6) is 0 Å². The van der Waals surface area contributed by atoms with Crippen molar-refractivity contribution in [2.75, 3.05) is 21.3 Å². The van der Waals surface area contributed by atoms with E-state index in [1.54, 1.807) is 0 Å². The van der Waals surface area contributed by atoms with Crippen molar-refractivity contribution < 1.29 is 28.3 Å². The smallest absolute Gasteiger partial charge is 0.499 e. The van der Waals surface area contributed by atoms with Gasteiger partial charge in [0, 0.05) is 0 Å². The predicted molar refractivity (Wildman–Crippen MR) is 38.8 cm³/mol. The van der Waals surface area contributed by atoms with E-state index in [0.717, 1.165) is 21.3 Å². The molecular weight excluding hydrogens is 174 g/mol. The third kappa shape index (κ3) is 2.02. The number of hydrogen-bond donors (Lipinski definition) is 2. The molecule has 0 amide bonds. The molecule has 0 rings (SSSR count). The normalized spacial score (nSPS) is 13.5. The molecule has 68 valence electrons. The topological polar surface area (TPSA) is 85.2 Å². The van der Waals surface area contributed by atoms with Crippen LogP contribution in [0.25, 0.3) is 0 Å². The lowest BCUT2D eigenvalue weighted by Crippen LogP contribution is -2.42. The van der Waals surface area contributed by atoms with Crippen LogP contribution >= 0.6 is 7.47 Å². The Morgan fingerprint density at radius 2 is 1.36 bits per heavy atom. The Hall–Kier alpha value is 0.0949. The lowest BCUT2D eigenvalue weighted by Gasteiger charge is -2.36. The van der Waals surface area contributed by atoms with E-state index in [1.807, 2.05) is 0 Å². The summed E-state index contributed by atoms with van der Waals surface area (Å²) in [5.74, 6) is 0. The summed E-state index contributed by atoms with van der Waals surface area (Å²) in [6, 6.07) is 0. The van der Waals surface area contributed by atoms with Crippen LogP contribution in [-0.2, 0) is 18.5 Å². The summed E-state index contributed by atoms with van der Waals surface area (Å²) < 4.78 is 24.1. The first-order valence-corrected chi connectivity index (χ1v) is 4.45. The minimum absolute atomic E-state index is 1.10. The second kappa shape index (κ2) is 3.66. The van der Waals surface area contributed by atoms with Crippen molar-refractivity contribution in [1.82, 2.24) is 0 Å². The molecule has 0 bridgehead atoms. The van der Waals surface area contributed by atoms with Gasteiger partial charge in [-0.2, -0.15) is 0 Å². The maximum absolute atomic E-state index is 10.7. The molecule has 6 nitrogen and oxygen atoms in total. The first-order valence-electron chi connectivity index (χ1n) is 2.77. The molecule has 2 N–H and O–H groups in total. The van der Waals surface area contributed by atoms with E-state index < -0.39 is 13.9 Å². The van der Waals surface area contributed by atoms with Crippen molar-refractivity contribution in [3.05, 3.63) is 0 Å². The highest BCUT2D eigenvalue weighted by Crippen LogP contribution is 2.47. The van der Waals surface area contributed by atoms with Crippen molar-refractivity contribution in [2.45, 2.75) is 0 Å². The first-order chi connectivity index (χ1) is 4.93. The van der Waals surface area contributed by atoms with Crippen LogP contribution in [0.2, 0.25) is 0 Å². The maximum Gasteiger partial charge on any atom is 0.499 e. The molecule has 0 saturated carbocycles. The van der Waals surface area contributed by atoms with Crippen LogP contribution in [-0.4, -0.2) is 37.6 Å². The highest BCUT2D eigenvalue weighted by molar-refractivity contribution is 7.87. The average molecular weight is 185 g/mol. The summed E-state index contributed by atoms with van der Waals surface area (Å²) in [5.41, 5.74) is 0. The maximum atomic E-state index is 10.7. The molecule has 0 aliphatic heterocycles. The van der Waals surface area contributed by atoms with E-state index in [9.17, 15) is 4.57 Å². The van der Waals surface area contributed by atoms with Gasteiger partial charge in [0.1, 0.15) is 0 Å². The Morgan fingerprint density at radius 3 is 1.36 bits per heavy atom. The third-order valence-corrected chi connectivity index (χ3v) is 2.76. The van der Waals surface area contributed by atoms with Gasteiger partial charge in [0.15, 0.2) is 0 Å². The summed E-state index contributed by atoms with van der Waals surface area (Å²) in [6.07, 6.45) is 0. The van der Waals surface area contributed by atoms with Crippen LogP contribution in [0.4, 0.5) is 0 Å². The van der Waals surface area contributed by atoms with E-state index >= 15 is 0 Å². The Kier molecular flexibility index (Phi) is 3.70. The van der Waals surface area contributed by atoms with Gasteiger partial charge < -0.3 is 23.7 Å². The zero-order valence-electron chi connectivity index (χ0n) is 6.55. The number of hydrogen-bond acceptors (Lipinski definition) is 4. The van der Waals surface area contributed by atoms with Crippen molar-refractivity contribution in [3.63, 3.8) is 0 Å². The van der Waals surface area contributed by atoms with Gasteiger partial charge in [0.25, 0.3) is 7.47 Å².